The van der Waals surface area contributed by atoms with Gasteiger partial charge in [0.25, 0.3) is 5.82 Å². The molecule has 0 aliphatic heterocycles. The van der Waals surface area contributed by atoms with Crippen molar-refractivity contribution in [3.8, 4) is 0 Å². The molecule has 0 atom stereocenters. The number of aryl methyl sites for hydroxylation is 4. The van der Waals surface area contributed by atoms with E-state index in [1.807, 2.05) is 68.4 Å². The first-order valence-electron chi connectivity index (χ1n) is 6.32. The lowest BCUT2D eigenvalue weighted by Gasteiger charge is -1.88. The quantitative estimate of drug-likeness (QED) is 0.290. The average molecular weight is 402 g/mol. The summed E-state index contributed by atoms with van der Waals surface area (Å²) in [7, 11) is -1.76. The van der Waals surface area contributed by atoms with Crippen LogP contribution in [0.2, 0.25) is 0 Å². The highest BCUT2D eigenvalue weighted by Crippen LogP contribution is 1.84. The highest BCUT2D eigenvalue weighted by Gasteiger charge is 2.00. The minimum absolute atomic E-state index is 1.27. The van der Waals surface area contributed by atoms with Crippen molar-refractivity contribution in [3.05, 3.63) is 36.9 Å². The number of rotatable bonds is 0. The summed E-state index contributed by atoms with van der Waals surface area (Å²) in [6, 6.07) is 0. The van der Waals surface area contributed by atoms with E-state index in [0.29, 0.717) is 0 Å². The molecular formula is C11H22N4O8S2. The maximum absolute atomic E-state index is 8.63. The Labute approximate surface area is 146 Å². The van der Waals surface area contributed by atoms with Crippen molar-refractivity contribution in [3.63, 3.8) is 0 Å². The van der Waals surface area contributed by atoms with Gasteiger partial charge in [0.15, 0.2) is 0 Å². The summed E-state index contributed by atoms with van der Waals surface area (Å²) >= 11 is 0. The second-order valence-electron chi connectivity index (χ2n) is 4.67. The van der Waals surface area contributed by atoms with Crippen molar-refractivity contribution in [2.45, 2.75) is 6.92 Å². The van der Waals surface area contributed by atoms with Gasteiger partial charge in [0.05, 0.1) is 28.2 Å². The zero-order chi connectivity index (χ0) is 20.4. The van der Waals surface area contributed by atoms with Crippen molar-refractivity contribution in [2.24, 2.45) is 28.2 Å². The Hall–Kier alpha value is -1.84. The van der Waals surface area contributed by atoms with Crippen molar-refractivity contribution >= 4 is 20.8 Å². The predicted molar refractivity (Wildman–Crippen MR) is 82.6 cm³/mol. The molecule has 0 saturated carbocycles. The summed E-state index contributed by atoms with van der Waals surface area (Å²) in [6.45, 7) is 2.08. The van der Waals surface area contributed by atoms with Crippen molar-refractivity contribution in [1.82, 2.24) is 9.13 Å². The molecule has 2 aromatic rings. The van der Waals surface area contributed by atoms with Crippen LogP contribution in [0.1, 0.15) is 5.82 Å². The van der Waals surface area contributed by atoms with Gasteiger partial charge in [-0.15, -0.1) is 0 Å². The van der Waals surface area contributed by atoms with E-state index in [9.17, 15) is 0 Å². The topological polar surface area (TPSA) is 172 Å². The fourth-order valence-corrected chi connectivity index (χ4v) is 1.24. The zero-order valence-electron chi connectivity index (χ0n) is 14.3. The van der Waals surface area contributed by atoms with Gasteiger partial charge in [-0.2, -0.15) is 0 Å². The highest BCUT2D eigenvalue weighted by molar-refractivity contribution is 7.80. The molecule has 2 N–H and O–H groups in total. The molecule has 0 aromatic carbocycles. The first-order chi connectivity index (χ1) is 11.0. The Bertz CT molecular complexity index is 757. The maximum atomic E-state index is 8.63. The van der Waals surface area contributed by atoms with E-state index in [1.165, 1.54) is 5.82 Å². The molecule has 0 radical (unpaired) electrons. The van der Waals surface area contributed by atoms with E-state index in [4.69, 9.17) is 35.0 Å². The molecule has 2 heterocycles. The maximum Gasteiger partial charge on any atom is 0.252 e. The second kappa shape index (κ2) is 10.9. The fourth-order valence-electron chi connectivity index (χ4n) is 1.24. The van der Waals surface area contributed by atoms with Gasteiger partial charge < -0.3 is 9.11 Å². The van der Waals surface area contributed by atoms with Crippen LogP contribution >= 0.6 is 0 Å². The van der Waals surface area contributed by atoms with Gasteiger partial charge in [-0.3, -0.25) is 9.11 Å². The summed E-state index contributed by atoms with van der Waals surface area (Å²) in [6.07, 6.45) is 10.1. The average Bonchev–Trinajstić information content (AvgIpc) is 2.86. The molecule has 2 rings (SSSR count). The summed E-state index contributed by atoms with van der Waals surface area (Å²) in [4.78, 5) is 0. The van der Waals surface area contributed by atoms with Crippen LogP contribution in [-0.4, -0.2) is 44.2 Å². The molecule has 0 fully saturated rings. The Morgan fingerprint density at radius 1 is 0.960 bits per heavy atom. The van der Waals surface area contributed by atoms with Gasteiger partial charge in [-0.25, -0.2) is 35.1 Å². The Morgan fingerprint density at radius 3 is 1.44 bits per heavy atom. The molecule has 0 amide bonds. The molecule has 12 nitrogen and oxygen atoms in total. The van der Waals surface area contributed by atoms with Crippen LogP contribution < -0.4 is 9.13 Å². The Kier molecular flexibility index (Phi) is 11.1. The lowest BCUT2D eigenvalue weighted by Crippen LogP contribution is -2.29. The molecule has 0 bridgehead atoms. The molecule has 0 unspecified atom stereocenters. The summed E-state index contributed by atoms with van der Waals surface area (Å²) in [5.74, 6) is 1.27. The number of aromatic nitrogens is 4. The van der Waals surface area contributed by atoms with Crippen LogP contribution in [0.15, 0.2) is 31.1 Å². The lowest BCUT2D eigenvalue weighted by atomic mass is 10.7. The van der Waals surface area contributed by atoms with Crippen LogP contribution in [0.25, 0.3) is 0 Å². The van der Waals surface area contributed by atoms with Crippen LogP contribution in [0.4, 0.5) is 0 Å². The van der Waals surface area contributed by atoms with Gasteiger partial charge in [-0.05, 0) is 0 Å². The van der Waals surface area contributed by atoms with Gasteiger partial charge >= 0.3 is 0 Å². The van der Waals surface area contributed by atoms with Gasteiger partial charge in [0.2, 0.25) is 27.1 Å². The van der Waals surface area contributed by atoms with E-state index in [2.05, 4.69) is 16.1 Å². The summed E-state index contributed by atoms with van der Waals surface area (Å²) in [5, 5.41) is 0. The van der Waals surface area contributed by atoms with Crippen molar-refractivity contribution < 1.29 is 44.2 Å². The largest absolute Gasteiger partial charge is 0.726 e. The van der Waals surface area contributed by atoms with Crippen LogP contribution in [-0.2, 0) is 49.0 Å². The smallest absolute Gasteiger partial charge is 0.252 e. The third kappa shape index (κ3) is 22.2. The van der Waals surface area contributed by atoms with Crippen molar-refractivity contribution in [1.29, 1.82) is 0 Å². The molecule has 14 heteroatoms. The predicted octanol–water partition coefficient (Wildman–Crippen LogP) is -1.98. The molecule has 25 heavy (non-hydrogen) atoms. The van der Waals surface area contributed by atoms with Gasteiger partial charge in [0.1, 0.15) is 24.8 Å². The molecule has 0 saturated heterocycles. The molecule has 2 aromatic heterocycles. The van der Waals surface area contributed by atoms with E-state index in [1.54, 1.807) is 0 Å². The second-order valence-corrected chi connectivity index (χ2v) is 6.38. The fraction of sp³-hybridized carbons (Fsp3) is 0.455. The lowest BCUT2D eigenvalue weighted by molar-refractivity contribution is -0.677. The third-order valence-corrected chi connectivity index (χ3v) is 2.44. The van der Waals surface area contributed by atoms with Crippen LogP contribution in [0.5, 0.6) is 0 Å². The molecule has 146 valence electrons. The molecule has 0 aliphatic carbocycles. The first-order valence-corrected chi connectivity index (χ1v) is 9.05. The van der Waals surface area contributed by atoms with Gasteiger partial charge in [0, 0.05) is 6.92 Å². The highest BCUT2D eigenvalue weighted by atomic mass is 32.3. The van der Waals surface area contributed by atoms with Gasteiger partial charge in [-0.1, -0.05) is 0 Å². The van der Waals surface area contributed by atoms with E-state index < -0.39 is 20.8 Å². The Morgan fingerprint density at radius 2 is 1.36 bits per heavy atom. The minimum atomic E-state index is -4.92. The van der Waals surface area contributed by atoms with Crippen molar-refractivity contribution in [2.75, 3.05) is 0 Å². The molecular weight excluding hydrogens is 380 g/mol. The SMILES string of the molecule is Cc1n(C)cc[n+]1C.Cn1cc[n+](C)c1.O=S(=O)([O-])O.O=S(=O)([O-])O. The number of imidazole rings is 2. The summed E-state index contributed by atoms with van der Waals surface area (Å²) < 4.78 is 73.8. The standard InChI is InChI=1S/C6H11N2.C5H9N2.2H2O4S/c1-6-7(2)4-5-8(6)3;1-6-3-4-7(2)5-6;2*1-5(2,3)4/h4-5H,1-3H3;3-5H,1-2H3;2*(H2,1,2,3,4)/q2*+1;;/p-2. The molecule has 0 spiro atoms. The van der Waals surface area contributed by atoms with Crippen LogP contribution in [0, 0.1) is 6.92 Å². The summed E-state index contributed by atoms with van der Waals surface area (Å²) in [5.41, 5.74) is 0. The zero-order valence-corrected chi connectivity index (χ0v) is 16.0. The normalized spacial score (nSPS) is 10.4. The first kappa shape index (κ1) is 25.4. The van der Waals surface area contributed by atoms with Crippen LogP contribution in [0.3, 0.4) is 0 Å². The number of hydrogen-bond acceptors (Lipinski definition) is 6. The van der Waals surface area contributed by atoms with E-state index in [-0.39, 0.29) is 0 Å². The van der Waals surface area contributed by atoms with E-state index >= 15 is 0 Å². The number of hydrogen-bond donors (Lipinski definition) is 2. The minimum Gasteiger partial charge on any atom is -0.726 e. The molecule has 0 aliphatic rings. The van der Waals surface area contributed by atoms with E-state index in [0.717, 1.165) is 0 Å². The monoisotopic (exact) mass is 402 g/mol. The Balaban J connectivity index is 0. The third-order valence-electron chi connectivity index (χ3n) is 2.44. The number of nitrogens with zero attached hydrogens (tertiary/aromatic N) is 4.